The number of amides is 1. The van der Waals surface area contributed by atoms with E-state index < -0.39 is 18.4 Å². The fourth-order valence-corrected chi connectivity index (χ4v) is 3.75. The number of carboxylic acid groups (broad SMARTS) is 1. The van der Waals surface area contributed by atoms with Gasteiger partial charge < -0.3 is 15.2 Å². The van der Waals surface area contributed by atoms with Crippen molar-refractivity contribution >= 4 is 34.2 Å². The molecule has 166 valence electrons. The second kappa shape index (κ2) is 10.1. The number of pyridine rings is 1. The molecule has 2 N–H and O–H groups in total. The molecule has 0 bridgehead atoms. The molecule has 4 aromatic rings. The molecule has 0 aliphatic heterocycles. The minimum Gasteiger partial charge on any atom is -0.486 e. The van der Waals surface area contributed by atoms with Crippen LogP contribution < -0.4 is 10.1 Å². The van der Waals surface area contributed by atoms with Crippen LogP contribution in [-0.2, 0) is 17.8 Å². The van der Waals surface area contributed by atoms with E-state index in [0.717, 1.165) is 16.7 Å². The lowest BCUT2D eigenvalue weighted by atomic mass is 10.0. The predicted molar refractivity (Wildman–Crippen MR) is 127 cm³/mol. The van der Waals surface area contributed by atoms with Gasteiger partial charge >= 0.3 is 5.97 Å². The molecule has 0 fully saturated rings. The minimum atomic E-state index is -1.16. The summed E-state index contributed by atoms with van der Waals surface area (Å²) in [5.74, 6) is -1.57. The number of fused-ring (bicyclic) bond motifs is 1. The molecule has 3 aromatic carbocycles. The van der Waals surface area contributed by atoms with E-state index in [2.05, 4.69) is 10.3 Å². The smallest absolute Gasteiger partial charge is 0.322 e. The molecule has 0 aliphatic carbocycles. The lowest BCUT2D eigenvalue weighted by Crippen LogP contribution is -2.30. The Kier molecular flexibility index (Phi) is 6.86. The number of halogens is 1. The fourth-order valence-electron chi connectivity index (χ4n) is 3.51. The van der Waals surface area contributed by atoms with Gasteiger partial charge in [-0.3, -0.25) is 9.59 Å². The van der Waals surface area contributed by atoms with Crippen molar-refractivity contribution in [1.82, 2.24) is 10.3 Å². The molecular weight excluding hydrogens is 440 g/mol. The van der Waals surface area contributed by atoms with Crippen LogP contribution in [0.5, 0.6) is 5.75 Å². The van der Waals surface area contributed by atoms with Crippen LogP contribution in [0, 0.1) is 0 Å². The summed E-state index contributed by atoms with van der Waals surface area (Å²) in [5, 5.41) is 12.7. The van der Waals surface area contributed by atoms with Crippen LogP contribution in [-0.4, -0.2) is 28.5 Å². The number of hydrogen-bond acceptors (Lipinski definition) is 4. The van der Waals surface area contributed by atoms with Gasteiger partial charge in [0.2, 0.25) is 0 Å². The van der Waals surface area contributed by atoms with E-state index in [-0.39, 0.29) is 23.2 Å². The molecule has 0 saturated carbocycles. The summed E-state index contributed by atoms with van der Waals surface area (Å²) < 4.78 is 6.05. The highest BCUT2D eigenvalue weighted by Gasteiger charge is 2.21. The third-order valence-electron chi connectivity index (χ3n) is 5.07. The number of aliphatic carboxylic acids is 1. The van der Waals surface area contributed by atoms with Crippen LogP contribution in [0.2, 0.25) is 5.15 Å². The van der Waals surface area contributed by atoms with Gasteiger partial charge in [0.15, 0.2) is 11.4 Å². The van der Waals surface area contributed by atoms with Gasteiger partial charge in [0.1, 0.15) is 18.3 Å². The van der Waals surface area contributed by atoms with Gasteiger partial charge in [0.25, 0.3) is 5.91 Å². The van der Waals surface area contributed by atoms with Crippen molar-refractivity contribution in [3.8, 4) is 5.75 Å². The van der Waals surface area contributed by atoms with Crippen LogP contribution in [0.25, 0.3) is 10.8 Å². The number of rotatable bonds is 8. The molecule has 0 radical (unpaired) electrons. The van der Waals surface area contributed by atoms with Crippen molar-refractivity contribution < 1.29 is 19.4 Å². The molecule has 1 aromatic heterocycles. The minimum absolute atomic E-state index is 0.0551. The first-order valence-electron chi connectivity index (χ1n) is 10.3. The van der Waals surface area contributed by atoms with Gasteiger partial charge in [-0.1, -0.05) is 84.4 Å². The Balaban J connectivity index is 1.74. The standard InChI is InChI=1S/C26H21ClN2O4/c27-25-21-14-19(13-17-7-3-1-4-8-17)11-12-20(21)24(33-16-18-9-5-2-6-10-18)23(29-25)26(32)28-15-22(30)31/h1-12,14H,13,15-16H2,(H,28,32)(H,30,31). The predicted octanol–water partition coefficient (Wildman–Crippen LogP) is 4.87. The zero-order chi connectivity index (χ0) is 23.2. The Morgan fingerprint density at radius 3 is 2.21 bits per heavy atom. The Morgan fingerprint density at radius 2 is 1.55 bits per heavy atom. The number of benzene rings is 3. The number of ether oxygens (including phenoxy) is 1. The fraction of sp³-hybridized carbons (Fsp3) is 0.115. The van der Waals surface area contributed by atoms with Crippen molar-refractivity contribution in [2.24, 2.45) is 0 Å². The van der Waals surface area contributed by atoms with Gasteiger partial charge in [-0.25, -0.2) is 4.98 Å². The van der Waals surface area contributed by atoms with Crippen LogP contribution in [0.3, 0.4) is 0 Å². The average molecular weight is 461 g/mol. The van der Waals surface area contributed by atoms with Crippen LogP contribution in [0.4, 0.5) is 0 Å². The summed E-state index contributed by atoms with van der Waals surface area (Å²) in [6.45, 7) is -0.325. The third kappa shape index (κ3) is 5.48. The summed E-state index contributed by atoms with van der Waals surface area (Å²) in [4.78, 5) is 27.9. The molecular formula is C26H21ClN2O4. The van der Waals surface area contributed by atoms with Gasteiger partial charge in [0, 0.05) is 10.8 Å². The molecule has 0 atom stereocenters. The quantitative estimate of drug-likeness (QED) is 0.366. The molecule has 4 rings (SSSR count). The van der Waals surface area contributed by atoms with Gasteiger partial charge in [0.05, 0.1) is 0 Å². The highest BCUT2D eigenvalue weighted by atomic mass is 35.5. The van der Waals surface area contributed by atoms with Crippen molar-refractivity contribution in [1.29, 1.82) is 0 Å². The van der Waals surface area contributed by atoms with E-state index in [1.807, 2.05) is 78.9 Å². The lowest BCUT2D eigenvalue weighted by molar-refractivity contribution is -0.135. The van der Waals surface area contributed by atoms with E-state index in [4.69, 9.17) is 21.4 Å². The van der Waals surface area contributed by atoms with Crippen molar-refractivity contribution in [3.05, 3.63) is 106 Å². The lowest BCUT2D eigenvalue weighted by Gasteiger charge is -2.15. The highest BCUT2D eigenvalue weighted by Crippen LogP contribution is 2.34. The molecule has 1 amide bonds. The summed E-state index contributed by atoms with van der Waals surface area (Å²) in [6, 6.07) is 25.3. The topological polar surface area (TPSA) is 88.5 Å². The maximum atomic E-state index is 12.7. The van der Waals surface area contributed by atoms with E-state index in [9.17, 15) is 9.59 Å². The Morgan fingerprint density at radius 1 is 0.879 bits per heavy atom. The second-order valence-corrected chi connectivity index (χ2v) is 7.83. The van der Waals surface area contributed by atoms with Crippen molar-refractivity contribution in [2.75, 3.05) is 6.54 Å². The molecule has 6 nitrogen and oxygen atoms in total. The molecule has 0 unspecified atom stereocenters. The molecule has 7 heteroatoms. The monoisotopic (exact) mass is 460 g/mol. The Labute approximate surface area is 195 Å². The number of hydrogen-bond donors (Lipinski definition) is 2. The van der Waals surface area contributed by atoms with Crippen LogP contribution >= 0.6 is 11.6 Å². The zero-order valence-corrected chi connectivity index (χ0v) is 18.4. The van der Waals surface area contributed by atoms with E-state index in [1.165, 1.54) is 0 Å². The SMILES string of the molecule is O=C(O)CNC(=O)c1nc(Cl)c2cc(Cc3ccccc3)ccc2c1OCc1ccccc1. The van der Waals surface area contributed by atoms with E-state index >= 15 is 0 Å². The van der Waals surface area contributed by atoms with Crippen LogP contribution in [0.1, 0.15) is 27.2 Å². The first kappa shape index (κ1) is 22.3. The second-order valence-electron chi connectivity index (χ2n) is 7.47. The number of carbonyl (C=O) groups is 2. The van der Waals surface area contributed by atoms with E-state index in [1.54, 1.807) is 0 Å². The largest absolute Gasteiger partial charge is 0.486 e. The highest BCUT2D eigenvalue weighted by molar-refractivity contribution is 6.35. The van der Waals surface area contributed by atoms with Gasteiger partial charge in [-0.15, -0.1) is 0 Å². The maximum absolute atomic E-state index is 12.7. The zero-order valence-electron chi connectivity index (χ0n) is 17.6. The maximum Gasteiger partial charge on any atom is 0.322 e. The summed E-state index contributed by atoms with van der Waals surface area (Å²) in [6.07, 6.45) is 0.716. The van der Waals surface area contributed by atoms with Gasteiger partial charge in [-0.2, -0.15) is 0 Å². The van der Waals surface area contributed by atoms with Gasteiger partial charge in [-0.05, 0) is 29.2 Å². The number of carbonyl (C=O) groups excluding carboxylic acids is 1. The van der Waals surface area contributed by atoms with Crippen molar-refractivity contribution in [3.63, 3.8) is 0 Å². The first-order chi connectivity index (χ1) is 16.0. The number of carboxylic acids is 1. The number of aromatic nitrogens is 1. The number of nitrogens with one attached hydrogen (secondary N) is 1. The first-order valence-corrected chi connectivity index (χ1v) is 10.7. The summed E-state index contributed by atoms with van der Waals surface area (Å²) in [7, 11) is 0. The summed E-state index contributed by atoms with van der Waals surface area (Å²) in [5.41, 5.74) is 3.05. The molecule has 0 saturated heterocycles. The van der Waals surface area contributed by atoms with E-state index in [0.29, 0.717) is 17.2 Å². The Hall–Kier alpha value is -3.90. The molecule has 0 aliphatic rings. The van der Waals surface area contributed by atoms with Crippen LogP contribution in [0.15, 0.2) is 78.9 Å². The Bertz CT molecular complexity index is 1290. The average Bonchev–Trinajstić information content (AvgIpc) is 2.83. The molecule has 1 heterocycles. The molecule has 33 heavy (non-hydrogen) atoms. The summed E-state index contributed by atoms with van der Waals surface area (Å²) >= 11 is 6.47. The normalized spacial score (nSPS) is 10.7. The van der Waals surface area contributed by atoms with Crippen molar-refractivity contribution in [2.45, 2.75) is 13.0 Å². The third-order valence-corrected chi connectivity index (χ3v) is 5.36. The number of nitrogens with zero attached hydrogens (tertiary/aromatic N) is 1. The molecule has 0 spiro atoms.